The van der Waals surface area contributed by atoms with E-state index in [2.05, 4.69) is 4.99 Å². The fourth-order valence-electron chi connectivity index (χ4n) is 1.90. The zero-order chi connectivity index (χ0) is 19.1. The van der Waals surface area contributed by atoms with E-state index >= 15 is 0 Å². The lowest BCUT2D eigenvalue weighted by Gasteiger charge is -2.13. The molecule has 2 rings (SSSR count). The molecule has 2 aromatic rings. The van der Waals surface area contributed by atoms with Crippen molar-refractivity contribution in [3.63, 3.8) is 0 Å². The van der Waals surface area contributed by atoms with Crippen molar-refractivity contribution in [2.24, 2.45) is 16.5 Å². The number of guanidine groups is 1. The molecule has 0 spiro atoms. The van der Waals surface area contributed by atoms with Crippen molar-refractivity contribution in [2.75, 3.05) is 20.7 Å². The fourth-order valence-corrected chi connectivity index (χ4v) is 1.90. The van der Waals surface area contributed by atoms with Gasteiger partial charge in [0.05, 0.1) is 11.3 Å². The van der Waals surface area contributed by atoms with Crippen molar-refractivity contribution in [2.45, 2.75) is 0 Å². The summed E-state index contributed by atoms with van der Waals surface area (Å²) < 4.78 is 10.8. The van der Waals surface area contributed by atoms with E-state index in [1.54, 1.807) is 62.6 Å². The second kappa shape index (κ2) is 8.52. The van der Waals surface area contributed by atoms with Gasteiger partial charge < -0.3 is 25.8 Å². The molecule has 0 saturated carbocycles. The second-order valence-electron chi connectivity index (χ2n) is 5.50. The Morgan fingerprint density at radius 1 is 1.00 bits per heavy atom. The highest BCUT2D eigenvalue weighted by atomic mass is 16.6. The Balaban J connectivity index is 2.09. The number of esters is 1. The van der Waals surface area contributed by atoms with Gasteiger partial charge in [0.2, 0.25) is 0 Å². The number of amides is 1. The summed E-state index contributed by atoms with van der Waals surface area (Å²) in [6, 6.07) is 12.9. The highest BCUT2D eigenvalue weighted by Crippen LogP contribution is 2.27. The Morgan fingerprint density at radius 3 is 2.19 bits per heavy atom. The van der Waals surface area contributed by atoms with Crippen LogP contribution in [0.3, 0.4) is 0 Å². The summed E-state index contributed by atoms with van der Waals surface area (Å²) in [7, 11) is 3.26. The minimum Gasteiger partial charge on any atom is -0.480 e. The predicted molar refractivity (Wildman–Crippen MR) is 97.5 cm³/mol. The number of hydrogen-bond donors (Lipinski definition) is 2. The average molecular weight is 356 g/mol. The number of carbonyl (C=O) groups is 2. The largest absolute Gasteiger partial charge is 0.480 e. The molecule has 0 aliphatic rings. The maximum Gasteiger partial charge on any atom is 0.343 e. The zero-order valence-corrected chi connectivity index (χ0v) is 14.5. The molecule has 4 N–H and O–H groups in total. The molecule has 1 amide bonds. The van der Waals surface area contributed by atoms with E-state index in [0.717, 1.165) is 0 Å². The van der Waals surface area contributed by atoms with Crippen molar-refractivity contribution in [1.29, 1.82) is 0 Å². The van der Waals surface area contributed by atoms with E-state index < -0.39 is 5.97 Å². The average Bonchev–Trinajstić information content (AvgIpc) is 2.60. The van der Waals surface area contributed by atoms with Gasteiger partial charge in [-0.15, -0.1) is 0 Å². The number of benzene rings is 2. The molecule has 0 unspecified atom stereocenters. The summed E-state index contributed by atoms with van der Waals surface area (Å²) in [5.41, 5.74) is 11.4. The van der Waals surface area contributed by atoms with Crippen LogP contribution in [0.5, 0.6) is 11.5 Å². The van der Waals surface area contributed by atoms with Crippen LogP contribution >= 0.6 is 0 Å². The molecule has 0 saturated heterocycles. The van der Waals surface area contributed by atoms with E-state index in [0.29, 0.717) is 17.0 Å². The van der Waals surface area contributed by atoms with E-state index in [-0.39, 0.29) is 24.2 Å². The van der Waals surface area contributed by atoms with Gasteiger partial charge in [-0.05, 0) is 36.4 Å². The molecule has 0 aliphatic heterocycles. The van der Waals surface area contributed by atoms with Crippen LogP contribution < -0.4 is 20.9 Å². The van der Waals surface area contributed by atoms with Crippen molar-refractivity contribution in [1.82, 2.24) is 4.90 Å². The first-order chi connectivity index (χ1) is 12.4. The van der Waals surface area contributed by atoms with Crippen LogP contribution in [-0.2, 0) is 4.79 Å². The van der Waals surface area contributed by atoms with E-state index in [1.165, 1.54) is 4.90 Å². The maximum absolute atomic E-state index is 12.3. The predicted octanol–water partition coefficient (Wildman–Crippen LogP) is 1.28. The summed E-state index contributed by atoms with van der Waals surface area (Å²) in [4.78, 5) is 29.2. The standard InChI is InChI=1S/C18H20N4O4/c1-22(2)16(23)11-25-14-5-3-4-6-15(14)26-17(24)12-7-9-13(10-8-12)21-18(19)20/h3-10H,11H2,1-2H3,(H4,19,20,21). The summed E-state index contributed by atoms with van der Waals surface area (Å²) in [6.45, 7) is -0.158. The Bertz CT molecular complexity index is 812. The minimum absolute atomic E-state index is 0.0707. The molecule has 8 heteroatoms. The minimum atomic E-state index is -0.573. The van der Waals surface area contributed by atoms with Gasteiger partial charge in [-0.2, -0.15) is 0 Å². The highest BCUT2D eigenvalue weighted by Gasteiger charge is 2.14. The lowest BCUT2D eigenvalue weighted by molar-refractivity contribution is -0.130. The van der Waals surface area contributed by atoms with Crippen LogP contribution in [0.4, 0.5) is 5.69 Å². The number of carbonyl (C=O) groups excluding carboxylic acids is 2. The summed E-state index contributed by atoms with van der Waals surface area (Å²) in [5, 5.41) is 0. The molecule has 0 atom stereocenters. The number of nitrogens with zero attached hydrogens (tertiary/aromatic N) is 2. The number of aliphatic imine (C=N–C) groups is 1. The lowest BCUT2D eigenvalue weighted by Crippen LogP contribution is -2.27. The van der Waals surface area contributed by atoms with E-state index in [1.807, 2.05) is 0 Å². The third-order valence-electron chi connectivity index (χ3n) is 3.26. The Hall–Kier alpha value is -3.55. The molecular formula is C18H20N4O4. The van der Waals surface area contributed by atoms with Crippen LogP contribution in [0.25, 0.3) is 0 Å². The highest BCUT2D eigenvalue weighted by molar-refractivity contribution is 5.92. The monoisotopic (exact) mass is 356 g/mol. The quantitative estimate of drug-likeness (QED) is 0.348. The molecule has 0 heterocycles. The first-order valence-electron chi connectivity index (χ1n) is 7.70. The normalized spacial score (nSPS) is 9.92. The van der Waals surface area contributed by atoms with Gasteiger partial charge in [-0.25, -0.2) is 9.79 Å². The third-order valence-corrected chi connectivity index (χ3v) is 3.26. The van der Waals surface area contributed by atoms with Gasteiger partial charge in [0.25, 0.3) is 5.91 Å². The Labute approximate surface area is 151 Å². The number of hydrogen-bond acceptors (Lipinski definition) is 5. The van der Waals surface area contributed by atoms with Crippen molar-refractivity contribution < 1.29 is 19.1 Å². The summed E-state index contributed by atoms with van der Waals surface area (Å²) in [6.07, 6.45) is 0. The van der Waals surface area contributed by atoms with Gasteiger partial charge in [-0.1, -0.05) is 12.1 Å². The number of rotatable bonds is 6. The van der Waals surface area contributed by atoms with Gasteiger partial charge >= 0.3 is 5.97 Å². The number of nitrogens with two attached hydrogens (primary N) is 2. The van der Waals surface area contributed by atoms with Crippen molar-refractivity contribution in [3.8, 4) is 11.5 Å². The fraction of sp³-hybridized carbons (Fsp3) is 0.167. The molecule has 136 valence electrons. The summed E-state index contributed by atoms with van der Waals surface area (Å²) >= 11 is 0. The molecule has 2 aromatic carbocycles. The maximum atomic E-state index is 12.3. The van der Waals surface area contributed by atoms with Gasteiger partial charge in [0.15, 0.2) is 24.1 Å². The smallest absolute Gasteiger partial charge is 0.343 e. The third kappa shape index (κ3) is 5.23. The van der Waals surface area contributed by atoms with Crippen molar-refractivity contribution in [3.05, 3.63) is 54.1 Å². The molecule has 8 nitrogen and oxygen atoms in total. The Morgan fingerprint density at radius 2 is 1.62 bits per heavy atom. The second-order valence-corrected chi connectivity index (χ2v) is 5.50. The first-order valence-corrected chi connectivity index (χ1v) is 7.70. The molecule has 0 bridgehead atoms. The van der Waals surface area contributed by atoms with Gasteiger partial charge in [0.1, 0.15) is 0 Å². The van der Waals surface area contributed by atoms with Crippen LogP contribution in [0, 0.1) is 0 Å². The van der Waals surface area contributed by atoms with Crippen LogP contribution in [0.2, 0.25) is 0 Å². The molecule has 0 aromatic heterocycles. The number of para-hydroxylation sites is 2. The molecule has 0 aliphatic carbocycles. The van der Waals surface area contributed by atoms with Gasteiger partial charge in [0, 0.05) is 14.1 Å². The molecule has 0 fully saturated rings. The van der Waals surface area contributed by atoms with Crippen LogP contribution in [0.15, 0.2) is 53.5 Å². The molecule has 26 heavy (non-hydrogen) atoms. The lowest BCUT2D eigenvalue weighted by atomic mass is 10.2. The van der Waals surface area contributed by atoms with Crippen molar-refractivity contribution >= 4 is 23.5 Å². The van der Waals surface area contributed by atoms with E-state index in [4.69, 9.17) is 20.9 Å². The number of ether oxygens (including phenoxy) is 2. The summed E-state index contributed by atoms with van der Waals surface area (Å²) in [5.74, 6) is -0.332. The molecular weight excluding hydrogens is 336 g/mol. The Kier molecular flexibility index (Phi) is 6.15. The van der Waals surface area contributed by atoms with Crippen LogP contribution in [0.1, 0.15) is 10.4 Å². The molecule has 0 radical (unpaired) electrons. The topological polar surface area (TPSA) is 120 Å². The van der Waals surface area contributed by atoms with Crippen LogP contribution in [-0.4, -0.2) is 43.4 Å². The number of likely N-dealkylation sites (N-methyl/N-ethyl adjacent to an activating group) is 1. The van der Waals surface area contributed by atoms with Gasteiger partial charge in [-0.3, -0.25) is 4.79 Å². The van der Waals surface area contributed by atoms with E-state index in [9.17, 15) is 9.59 Å². The zero-order valence-electron chi connectivity index (χ0n) is 14.5. The first kappa shape index (κ1) is 18.8. The SMILES string of the molecule is CN(C)C(=O)COc1ccccc1OC(=O)c1ccc(N=C(N)N)cc1.